The van der Waals surface area contributed by atoms with Crippen molar-refractivity contribution < 1.29 is 19.0 Å². The molecule has 0 radical (unpaired) electrons. The summed E-state index contributed by atoms with van der Waals surface area (Å²) < 4.78 is 16.9. The lowest BCUT2D eigenvalue weighted by Gasteiger charge is -2.44. The van der Waals surface area contributed by atoms with Crippen molar-refractivity contribution in [3.63, 3.8) is 0 Å². The molecule has 3 rings (SSSR count). The van der Waals surface area contributed by atoms with E-state index < -0.39 is 5.60 Å². The molecular formula is C14H22O4. The molecular weight excluding hydrogens is 232 g/mol. The first-order valence-corrected chi connectivity index (χ1v) is 7.01. The maximum absolute atomic E-state index is 12.7. The van der Waals surface area contributed by atoms with E-state index in [1.54, 1.807) is 7.11 Å². The van der Waals surface area contributed by atoms with Crippen LogP contribution in [-0.2, 0) is 19.0 Å². The first kappa shape index (κ1) is 12.6. The number of carbonyl (C=O) groups is 1. The van der Waals surface area contributed by atoms with Gasteiger partial charge in [-0.15, -0.1) is 0 Å². The van der Waals surface area contributed by atoms with Crippen LogP contribution >= 0.6 is 0 Å². The van der Waals surface area contributed by atoms with Crippen molar-refractivity contribution in [3.8, 4) is 0 Å². The Kier molecular flexibility index (Phi) is 3.20. The summed E-state index contributed by atoms with van der Waals surface area (Å²) >= 11 is 0. The Labute approximate surface area is 108 Å². The van der Waals surface area contributed by atoms with E-state index in [2.05, 4.69) is 0 Å². The summed E-state index contributed by atoms with van der Waals surface area (Å²) in [4.78, 5) is 12.7. The van der Waals surface area contributed by atoms with Gasteiger partial charge in [0, 0.05) is 32.7 Å². The van der Waals surface area contributed by atoms with E-state index in [4.69, 9.17) is 14.2 Å². The Hall–Kier alpha value is -0.450. The van der Waals surface area contributed by atoms with Gasteiger partial charge in [-0.2, -0.15) is 0 Å². The summed E-state index contributed by atoms with van der Waals surface area (Å²) in [6.45, 7) is 2.09. The molecule has 3 fully saturated rings. The van der Waals surface area contributed by atoms with Crippen LogP contribution in [0.3, 0.4) is 0 Å². The Morgan fingerprint density at radius 3 is 2.67 bits per heavy atom. The first-order valence-electron chi connectivity index (χ1n) is 7.01. The van der Waals surface area contributed by atoms with Crippen molar-refractivity contribution in [2.24, 2.45) is 5.92 Å². The SMILES string of the molecule is COC1(C(=O)C2CCOC3(CCOC3)C2)CCC1. The van der Waals surface area contributed by atoms with Crippen molar-refractivity contribution in [2.45, 2.75) is 49.7 Å². The standard InChI is InChI=1S/C14H22O4/c1-16-14(4-2-5-14)12(15)11-3-7-18-13(9-11)6-8-17-10-13/h11H,2-10H2,1H3. The minimum absolute atomic E-state index is 0.0979. The third kappa shape index (κ3) is 1.91. The molecule has 3 aliphatic rings. The Balaban J connectivity index is 1.70. The monoisotopic (exact) mass is 254 g/mol. The number of ether oxygens (including phenoxy) is 3. The lowest BCUT2D eigenvalue weighted by molar-refractivity contribution is -0.166. The van der Waals surface area contributed by atoms with Crippen molar-refractivity contribution in [1.82, 2.24) is 0 Å². The Morgan fingerprint density at radius 2 is 2.11 bits per heavy atom. The zero-order valence-corrected chi connectivity index (χ0v) is 11.1. The third-order valence-electron chi connectivity index (χ3n) is 4.93. The lowest BCUT2D eigenvalue weighted by Crippen LogP contribution is -2.53. The van der Waals surface area contributed by atoms with Crippen molar-refractivity contribution in [3.05, 3.63) is 0 Å². The van der Waals surface area contributed by atoms with Crippen molar-refractivity contribution in [2.75, 3.05) is 26.9 Å². The summed E-state index contributed by atoms with van der Waals surface area (Å²) in [5.41, 5.74) is -0.653. The van der Waals surface area contributed by atoms with Gasteiger partial charge in [-0.05, 0) is 32.1 Å². The highest BCUT2D eigenvalue weighted by Crippen LogP contribution is 2.43. The minimum atomic E-state index is -0.470. The molecule has 0 aromatic rings. The van der Waals surface area contributed by atoms with Crippen LogP contribution in [0.5, 0.6) is 0 Å². The third-order valence-corrected chi connectivity index (χ3v) is 4.93. The van der Waals surface area contributed by atoms with E-state index in [9.17, 15) is 4.79 Å². The average Bonchev–Trinajstić information content (AvgIpc) is 2.76. The van der Waals surface area contributed by atoms with Crippen LogP contribution < -0.4 is 0 Å². The molecule has 0 N–H and O–H groups in total. The fraction of sp³-hybridized carbons (Fsp3) is 0.929. The molecule has 0 aromatic heterocycles. The molecule has 102 valence electrons. The fourth-order valence-corrected chi connectivity index (χ4v) is 3.54. The summed E-state index contributed by atoms with van der Waals surface area (Å²) in [7, 11) is 1.67. The van der Waals surface area contributed by atoms with Crippen LogP contribution in [-0.4, -0.2) is 43.9 Å². The number of Topliss-reactive ketones (excluding diaryl/α,β-unsaturated/α-hetero) is 1. The van der Waals surface area contributed by atoms with E-state index in [0.29, 0.717) is 19.0 Å². The first-order chi connectivity index (χ1) is 8.70. The normalized spacial score (nSPS) is 38.6. The van der Waals surface area contributed by atoms with E-state index in [1.807, 2.05) is 0 Å². The Morgan fingerprint density at radius 1 is 1.28 bits per heavy atom. The predicted molar refractivity (Wildman–Crippen MR) is 65.4 cm³/mol. The zero-order valence-electron chi connectivity index (χ0n) is 11.1. The van der Waals surface area contributed by atoms with Crippen LogP contribution in [0.2, 0.25) is 0 Å². The van der Waals surface area contributed by atoms with Gasteiger partial charge in [0.2, 0.25) is 0 Å². The topological polar surface area (TPSA) is 44.8 Å². The van der Waals surface area contributed by atoms with Gasteiger partial charge in [0.05, 0.1) is 12.2 Å². The van der Waals surface area contributed by atoms with Gasteiger partial charge in [0.25, 0.3) is 0 Å². The molecule has 2 heterocycles. The molecule has 0 amide bonds. The minimum Gasteiger partial charge on any atom is -0.378 e. The maximum Gasteiger partial charge on any atom is 0.167 e. The van der Waals surface area contributed by atoms with Crippen molar-refractivity contribution >= 4 is 5.78 Å². The second kappa shape index (κ2) is 4.58. The molecule has 1 saturated carbocycles. The van der Waals surface area contributed by atoms with Gasteiger partial charge in [0.1, 0.15) is 5.60 Å². The van der Waals surface area contributed by atoms with E-state index in [-0.39, 0.29) is 11.5 Å². The molecule has 2 aliphatic heterocycles. The van der Waals surface area contributed by atoms with E-state index >= 15 is 0 Å². The number of ketones is 1. The largest absolute Gasteiger partial charge is 0.378 e. The highest BCUT2D eigenvalue weighted by atomic mass is 16.6. The van der Waals surface area contributed by atoms with E-state index in [1.165, 1.54) is 0 Å². The van der Waals surface area contributed by atoms with Crippen LogP contribution in [0.15, 0.2) is 0 Å². The molecule has 18 heavy (non-hydrogen) atoms. The number of hydrogen-bond donors (Lipinski definition) is 0. The van der Waals surface area contributed by atoms with Crippen LogP contribution in [0.1, 0.15) is 38.5 Å². The molecule has 4 heteroatoms. The van der Waals surface area contributed by atoms with Crippen LogP contribution in [0, 0.1) is 5.92 Å². The fourth-order valence-electron chi connectivity index (χ4n) is 3.54. The Bertz CT molecular complexity index is 323. The molecule has 1 spiro atoms. The summed E-state index contributed by atoms with van der Waals surface area (Å²) in [5.74, 6) is 0.409. The van der Waals surface area contributed by atoms with Crippen molar-refractivity contribution in [1.29, 1.82) is 0 Å². The number of methoxy groups -OCH3 is 1. The van der Waals surface area contributed by atoms with Gasteiger partial charge in [-0.3, -0.25) is 4.79 Å². The molecule has 4 nitrogen and oxygen atoms in total. The summed E-state index contributed by atoms with van der Waals surface area (Å²) in [5, 5.41) is 0. The molecule has 2 unspecified atom stereocenters. The smallest absolute Gasteiger partial charge is 0.167 e. The van der Waals surface area contributed by atoms with Crippen LogP contribution in [0.4, 0.5) is 0 Å². The quantitative estimate of drug-likeness (QED) is 0.769. The van der Waals surface area contributed by atoms with Gasteiger partial charge in [0.15, 0.2) is 5.78 Å². The second-order valence-corrected chi connectivity index (χ2v) is 5.94. The van der Waals surface area contributed by atoms with E-state index in [0.717, 1.165) is 45.1 Å². The summed E-state index contributed by atoms with van der Waals surface area (Å²) in [6, 6.07) is 0. The lowest BCUT2D eigenvalue weighted by atomic mass is 9.69. The number of rotatable bonds is 3. The highest BCUT2D eigenvalue weighted by Gasteiger charge is 2.51. The molecule has 0 aromatic carbocycles. The molecule has 2 saturated heterocycles. The molecule has 0 bridgehead atoms. The zero-order chi connectivity index (χ0) is 12.6. The van der Waals surface area contributed by atoms with Gasteiger partial charge < -0.3 is 14.2 Å². The molecule has 2 atom stereocenters. The number of hydrogen-bond acceptors (Lipinski definition) is 4. The number of carbonyl (C=O) groups excluding carboxylic acids is 1. The average molecular weight is 254 g/mol. The summed E-state index contributed by atoms with van der Waals surface area (Å²) in [6.07, 6.45) is 5.48. The van der Waals surface area contributed by atoms with Gasteiger partial charge in [-0.25, -0.2) is 0 Å². The van der Waals surface area contributed by atoms with Crippen LogP contribution in [0.25, 0.3) is 0 Å². The second-order valence-electron chi connectivity index (χ2n) is 5.94. The van der Waals surface area contributed by atoms with Gasteiger partial charge in [-0.1, -0.05) is 0 Å². The van der Waals surface area contributed by atoms with Gasteiger partial charge >= 0.3 is 0 Å². The predicted octanol–water partition coefficient (Wildman–Crippen LogP) is 1.71. The molecule has 1 aliphatic carbocycles. The maximum atomic E-state index is 12.7. The highest BCUT2D eigenvalue weighted by molar-refractivity contribution is 5.90.